The van der Waals surface area contributed by atoms with Crippen LogP contribution in [0, 0.1) is 18.7 Å². The van der Waals surface area contributed by atoms with Gasteiger partial charge in [0, 0.05) is 29.7 Å². The lowest BCUT2D eigenvalue weighted by Gasteiger charge is -2.23. The van der Waals surface area contributed by atoms with Gasteiger partial charge in [0.15, 0.2) is 0 Å². The molecule has 4 N–H and O–H groups in total. The summed E-state index contributed by atoms with van der Waals surface area (Å²) in [5, 5.41) is 10.4. The molecule has 41 heavy (non-hydrogen) atoms. The fourth-order valence-electron chi connectivity index (χ4n) is 3.98. The van der Waals surface area contributed by atoms with Gasteiger partial charge in [-0.2, -0.15) is 0 Å². The highest BCUT2D eigenvalue weighted by atomic mass is 35.5. The molecule has 1 unspecified atom stereocenters. The van der Waals surface area contributed by atoms with Crippen molar-refractivity contribution in [3.05, 3.63) is 57.9 Å². The molecule has 0 saturated carbocycles. The first-order valence-electron chi connectivity index (χ1n) is 13.2. The minimum absolute atomic E-state index is 0.00800. The van der Waals surface area contributed by atoms with Crippen molar-refractivity contribution in [2.45, 2.75) is 65.7 Å². The van der Waals surface area contributed by atoms with Crippen LogP contribution in [0.25, 0.3) is 0 Å². The number of ether oxygens (including phenoxy) is 2. The fourth-order valence-corrected chi connectivity index (χ4v) is 4.19. The van der Waals surface area contributed by atoms with Gasteiger partial charge in [-0.25, -0.2) is 9.18 Å². The second kappa shape index (κ2) is 15.8. The smallest absolute Gasteiger partial charge is 0.315 e. The Hall–Kier alpha value is -3.86. The number of carbonyl (C=O) groups excluding carboxylic acids is 4. The van der Waals surface area contributed by atoms with Crippen LogP contribution < -0.4 is 30.7 Å². The maximum atomic E-state index is 14.4. The van der Waals surface area contributed by atoms with Crippen molar-refractivity contribution < 1.29 is 33.0 Å². The second-order valence-corrected chi connectivity index (χ2v) is 10.3. The average molecular weight is 593 g/mol. The number of aryl methyl sites for hydroxylation is 1. The van der Waals surface area contributed by atoms with E-state index in [1.807, 2.05) is 13.8 Å². The van der Waals surface area contributed by atoms with Crippen molar-refractivity contribution in [3.8, 4) is 11.5 Å². The predicted molar refractivity (Wildman–Crippen MR) is 153 cm³/mol. The molecule has 2 atom stereocenters. The van der Waals surface area contributed by atoms with E-state index < -0.39 is 41.5 Å². The zero-order valence-electron chi connectivity index (χ0n) is 24.2. The molecule has 2 rings (SSSR count). The van der Waals surface area contributed by atoms with Crippen LogP contribution in [0.2, 0.25) is 5.02 Å². The third kappa shape index (κ3) is 9.93. The van der Waals surface area contributed by atoms with Crippen molar-refractivity contribution in [1.29, 1.82) is 0 Å². The van der Waals surface area contributed by atoms with Gasteiger partial charge in [0.1, 0.15) is 23.4 Å². The van der Waals surface area contributed by atoms with Gasteiger partial charge < -0.3 is 30.7 Å². The largest absolute Gasteiger partial charge is 0.497 e. The zero-order valence-corrected chi connectivity index (χ0v) is 24.9. The molecule has 0 heterocycles. The molecule has 12 heteroatoms. The molecule has 0 saturated heterocycles. The molecule has 0 aliphatic rings. The van der Waals surface area contributed by atoms with E-state index in [1.54, 1.807) is 32.0 Å². The SMILES string of the molecule is CCC(NC(=O)[C@H](CC(C)C)NC(=O)NCc1c(Cl)ccc(C)c1F)C(=O)C(=O)NCc1cc(OC)cc(OC)c1. The molecule has 0 aliphatic heterocycles. The first kappa shape index (κ1) is 33.3. The minimum atomic E-state index is -1.11. The van der Waals surface area contributed by atoms with Crippen molar-refractivity contribution in [3.63, 3.8) is 0 Å². The summed E-state index contributed by atoms with van der Waals surface area (Å²) in [5.41, 5.74) is 1.16. The van der Waals surface area contributed by atoms with Crippen LogP contribution >= 0.6 is 11.6 Å². The Labute approximate surface area is 244 Å². The van der Waals surface area contributed by atoms with E-state index in [-0.39, 0.29) is 42.4 Å². The van der Waals surface area contributed by atoms with Crippen LogP contribution in [0.5, 0.6) is 11.5 Å². The van der Waals surface area contributed by atoms with Crippen LogP contribution in [0.15, 0.2) is 30.3 Å². The van der Waals surface area contributed by atoms with Gasteiger partial charge in [0.2, 0.25) is 11.7 Å². The van der Waals surface area contributed by atoms with Crippen molar-refractivity contribution in [2.24, 2.45) is 5.92 Å². The standard InChI is InChI=1S/C29H38ClFN4O6/c1-7-23(26(36)28(38)32-14-18-11-19(40-5)13-20(12-18)41-6)34-27(37)24(10-16(2)3)35-29(39)33-15-21-22(30)9-8-17(4)25(21)31/h8-9,11-13,16,23-24H,7,10,14-15H2,1-6H3,(H,32,38)(H,34,37)(H2,33,35,39)/t23?,24-/m0/s1. The number of benzene rings is 2. The Morgan fingerprint density at radius 2 is 1.56 bits per heavy atom. The van der Waals surface area contributed by atoms with Gasteiger partial charge >= 0.3 is 6.03 Å². The Kier molecular flexibility index (Phi) is 12.9. The third-order valence-corrected chi connectivity index (χ3v) is 6.62. The van der Waals surface area contributed by atoms with E-state index in [1.165, 1.54) is 26.4 Å². The third-order valence-electron chi connectivity index (χ3n) is 6.26. The Morgan fingerprint density at radius 1 is 0.927 bits per heavy atom. The maximum Gasteiger partial charge on any atom is 0.315 e. The van der Waals surface area contributed by atoms with Crippen molar-refractivity contribution in [2.75, 3.05) is 14.2 Å². The van der Waals surface area contributed by atoms with E-state index in [9.17, 15) is 23.6 Å². The number of hydrogen-bond acceptors (Lipinski definition) is 6. The zero-order chi connectivity index (χ0) is 30.7. The Balaban J connectivity index is 2.02. The van der Waals surface area contributed by atoms with Crippen LogP contribution in [-0.4, -0.2) is 49.9 Å². The molecule has 0 radical (unpaired) electrons. The van der Waals surface area contributed by atoms with Gasteiger partial charge in [-0.3, -0.25) is 14.4 Å². The van der Waals surface area contributed by atoms with E-state index in [2.05, 4.69) is 21.3 Å². The van der Waals surface area contributed by atoms with Crippen LogP contribution in [0.1, 0.15) is 50.3 Å². The number of nitrogens with one attached hydrogen (secondary N) is 4. The monoisotopic (exact) mass is 592 g/mol. The lowest BCUT2D eigenvalue weighted by molar-refractivity contribution is -0.140. The molecule has 0 aromatic heterocycles. The Morgan fingerprint density at radius 3 is 2.12 bits per heavy atom. The van der Waals surface area contributed by atoms with Crippen LogP contribution in [0.3, 0.4) is 0 Å². The molecule has 0 fully saturated rings. The summed E-state index contributed by atoms with van der Waals surface area (Å²) in [5.74, 6) is -1.79. The first-order valence-corrected chi connectivity index (χ1v) is 13.6. The summed E-state index contributed by atoms with van der Waals surface area (Å²) in [6, 6.07) is 5.30. The van der Waals surface area contributed by atoms with Crippen LogP contribution in [-0.2, 0) is 27.5 Å². The summed E-state index contributed by atoms with van der Waals surface area (Å²) in [4.78, 5) is 51.2. The molecule has 2 aromatic carbocycles. The number of urea groups is 1. The molecule has 0 aliphatic carbocycles. The first-order chi connectivity index (χ1) is 19.4. The lowest BCUT2D eigenvalue weighted by atomic mass is 10.0. The highest BCUT2D eigenvalue weighted by Crippen LogP contribution is 2.23. The van der Waals surface area contributed by atoms with E-state index in [0.717, 1.165) is 0 Å². The van der Waals surface area contributed by atoms with Gasteiger partial charge in [-0.1, -0.05) is 38.4 Å². The van der Waals surface area contributed by atoms with Crippen molar-refractivity contribution in [1.82, 2.24) is 21.3 Å². The summed E-state index contributed by atoms with van der Waals surface area (Å²) >= 11 is 6.07. The molecule has 2 aromatic rings. The maximum absolute atomic E-state index is 14.4. The number of hydrogen-bond donors (Lipinski definition) is 4. The van der Waals surface area contributed by atoms with Gasteiger partial charge in [-0.15, -0.1) is 0 Å². The van der Waals surface area contributed by atoms with Crippen LogP contribution in [0.4, 0.5) is 9.18 Å². The lowest BCUT2D eigenvalue weighted by Crippen LogP contribution is -2.55. The molecule has 4 amide bonds. The number of Topliss-reactive ketones (excluding diaryl/α,β-unsaturated/α-hetero) is 1. The number of carbonyl (C=O) groups is 4. The second-order valence-electron chi connectivity index (χ2n) is 9.90. The quantitative estimate of drug-likeness (QED) is 0.247. The molecule has 224 valence electrons. The van der Waals surface area contributed by atoms with Crippen molar-refractivity contribution >= 4 is 35.2 Å². The number of amides is 4. The topological polar surface area (TPSA) is 135 Å². The van der Waals surface area contributed by atoms with Gasteiger partial charge in [0.25, 0.3) is 5.91 Å². The van der Waals surface area contributed by atoms with E-state index >= 15 is 0 Å². The Bertz CT molecular complexity index is 1230. The molecule has 10 nitrogen and oxygen atoms in total. The number of rotatable bonds is 14. The minimum Gasteiger partial charge on any atom is -0.497 e. The van der Waals surface area contributed by atoms with E-state index in [4.69, 9.17) is 21.1 Å². The fraction of sp³-hybridized carbons (Fsp3) is 0.448. The summed E-state index contributed by atoms with van der Waals surface area (Å²) in [6.45, 7) is 6.81. The van der Waals surface area contributed by atoms with Gasteiger partial charge in [0.05, 0.1) is 20.3 Å². The molecule has 0 spiro atoms. The summed E-state index contributed by atoms with van der Waals surface area (Å²) in [6.07, 6.45) is 0.407. The molecule has 0 bridgehead atoms. The predicted octanol–water partition coefficient (Wildman–Crippen LogP) is 3.80. The molecular weight excluding hydrogens is 555 g/mol. The normalized spacial score (nSPS) is 12.2. The number of methoxy groups -OCH3 is 2. The summed E-state index contributed by atoms with van der Waals surface area (Å²) in [7, 11) is 3.00. The highest BCUT2D eigenvalue weighted by molar-refractivity contribution is 6.38. The summed E-state index contributed by atoms with van der Waals surface area (Å²) < 4.78 is 24.9. The van der Waals surface area contributed by atoms with E-state index in [0.29, 0.717) is 22.6 Å². The highest BCUT2D eigenvalue weighted by Gasteiger charge is 2.29. The number of halogens is 2. The van der Waals surface area contributed by atoms with Gasteiger partial charge in [-0.05, 0) is 55.0 Å². The number of ketones is 1. The average Bonchev–Trinajstić information content (AvgIpc) is 2.95. The molecular formula is C29H38ClFN4O6.